The minimum Gasteiger partial charge on any atom is -0.256 e. The van der Waals surface area contributed by atoms with Crippen LogP contribution in [0.5, 0.6) is 0 Å². The maximum Gasteiger partial charge on any atom is 0.164 e. The Morgan fingerprint density at radius 3 is 1.56 bits per heavy atom. The Morgan fingerprint density at radius 2 is 0.781 bits per heavy atom. The fourth-order valence-electron chi connectivity index (χ4n) is 9.09. The summed E-state index contributed by atoms with van der Waals surface area (Å²) in [5.41, 5.74) is 12.6. The maximum absolute atomic E-state index is 5.30. The minimum absolute atomic E-state index is 0.599. The third kappa shape index (κ3) is 6.84. The Balaban J connectivity index is 1.10. The van der Waals surface area contributed by atoms with Crippen LogP contribution in [0.15, 0.2) is 231 Å². The first-order valence-corrected chi connectivity index (χ1v) is 21.6. The first-order chi connectivity index (χ1) is 31.7. The molecule has 0 aliphatic rings. The fraction of sp³-hybridized carbons (Fsp3) is 0. The molecule has 0 aliphatic heterocycles. The third-order valence-electron chi connectivity index (χ3n) is 12.3. The van der Waals surface area contributed by atoms with Crippen molar-refractivity contribution in [1.82, 2.24) is 19.9 Å². The standard InChI is InChI=1S/C60H38N4/c1-4-15-39(16-5-1)50-32-45-29-28-44(36-57(45)61-38-50)47-33-48(55-37-56-51(41-18-6-2-7-19-41)25-14-26-54(56)52-23-12-13-24-53(52)55)35-49(34-47)60-63-58(42-20-8-3-9-21-42)62-59(64-60)46-30-27-40-17-10-11-22-43(40)31-46/h1-38H. The molecule has 0 aliphatic carbocycles. The van der Waals surface area contributed by atoms with Gasteiger partial charge < -0.3 is 0 Å². The summed E-state index contributed by atoms with van der Waals surface area (Å²) in [6.07, 6.45) is 1.97. The SMILES string of the molecule is c1ccc(-c2cnc3cc(-c4cc(-c5nc(-c6ccccc6)nc(-c6ccc7ccccc7c6)n5)cc(-c5cc6c(-c7ccccc7)cccc6c6ccccc56)c4)ccc3c2)cc1. The van der Waals surface area contributed by atoms with E-state index in [1.165, 1.54) is 38.1 Å². The Bertz CT molecular complexity index is 3720. The Hall–Kier alpha value is -8.60. The van der Waals surface area contributed by atoms with E-state index in [-0.39, 0.29) is 0 Å². The molecule has 10 aromatic carbocycles. The number of nitrogens with zero attached hydrogens (tertiary/aromatic N) is 4. The second kappa shape index (κ2) is 15.7. The lowest BCUT2D eigenvalue weighted by molar-refractivity contribution is 1.07. The van der Waals surface area contributed by atoms with Crippen LogP contribution in [0.1, 0.15) is 0 Å². The van der Waals surface area contributed by atoms with Crippen LogP contribution in [0.3, 0.4) is 0 Å². The number of fused-ring (bicyclic) bond motifs is 5. The molecule has 4 heteroatoms. The molecule has 0 N–H and O–H groups in total. The van der Waals surface area contributed by atoms with Gasteiger partial charge in [-0.3, -0.25) is 4.98 Å². The topological polar surface area (TPSA) is 51.6 Å². The van der Waals surface area contributed by atoms with E-state index in [1.54, 1.807) is 0 Å². The molecule has 0 fully saturated rings. The number of hydrogen-bond donors (Lipinski definition) is 0. The van der Waals surface area contributed by atoms with Crippen molar-refractivity contribution >= 4 is 43.2 Å². The number of hydrogen-bond acceptors (Lipinski definition) is 4. The second-order valence-electron chi connectivity index (χ2n) is 16.3. The molecule has 12 rings (SSSR count). The van der Waals surface area contributed by atoms with Gasteiger partial charge in [0.2, 0.25) is 0 Å². The zero-order chi connectivity index (χ0) is 42.4. The van der Waals surface area contributed by atoms with Gasteiger partial charge in [0.05, 0.1) is 5.52 Å². The lowest BCUT2D eigenvalue weighted by Crippen LogP contribution is -2.00. The van der Waals surface area contributed by atoms with Gasteiger partial charge in [-0.05, 0) is 114 Å². The fourth-order valence-corrected chi connectivity index (χ4v) is 9.09. The largest absolute Gasteiger partial charge is 0.256 e. The van der Waals surface area contributed by atoms with Crippen molar-refractivity contribution in [3.63, 3.8) is 0 Å². The van der Waals surface area contributed by atoms with Gasteiger partial charge >= 0.3 is 0 Å². The van der Waals surface area contributed by atoms with Crippen molar-refractivity contribution in [1.29, 1.82) is 0 Å². The van der Waals surface area contributed by atoms with Crippen molar-refractivity contribution in [2.24, 2.45) is 0 Å². The van der Waals surface area contributed by atoms with Crippen LogP contribution in [-0.2, 0) is 0 Å². The van der Waals surface area contributed by atoms with Gasteiger partial charge in [0.15, 0.2) is 17.5 Å². The minimum atomic E-state index is 0.599. The number of pyridine rings is 1. The van der Waals surface area contributed by atoms with E-state index in [0.717, 1.165) is 66.4 Å². The van der Waals surface area contributed by atoms with E-state index in [2.05, 4.69) is 200 Å². The van der Waals surface area contributed by atoms with Crippen molar-refractivity contribution in [3.05, 3.63) is 231 Å². The van der Waals surface area contributed by atoms with E-state index in [0.29, 0.717) is 17.5 Å². The molecule has 0 atom stereocenters. The molecule has 0 saturated carbocycles. The van der Waals surface area contributed by atoms with Gasteiger partial charge in [-0.25, -0.2) is 15.0 Å². The van der Waals surface area contributed by atoms with E-state index in [4.69, 9.17) is 19.9 Å². The average molecular weight is 815 g/mol. The summed E-state index contributed by atoms with van der Waals surface area (Å²) in [5, 5.41) is 8.18. The van der Waals surface area contributed by atoms with Crippen molar-refractivity contribution in [3.8, 4) is 78.7 Å². The van der Waals surface area contributed by atoms with Crippen molar-refractivity contribution in [2.75, 3.05) is 0 Å². The average Bonchev–Trinajstić information content (AvgIpc) is 3.38. The molecule has 0 bridgehead atoms. The number of aromatic nitrogens is 4. The molecule has 64 heavy (non-hydrogen) atoms. The summed E-state index contributed by atoms with van der Waals surface area (Å²) in [5.74, 6) is 1.84. The van der Waals surface area contributed by atoms with Crippen LogP contribution < -0.4 is 0 Å². The van der Waals surface area contributed by atoms with Gasteiger partial charge in [0, 0.05) is 33.8 Å². The lowest BCUT2D eigenvalue weighted by Gasteiger charge is -2.17. The van der Waals surface area contributed by atoms with Crippen LogP contribution >= 0.6 is 0 Å². The highest BCUT2D eigenvalue weighted by atomic mass is 15.0. The summed E-state index contributed by atoms with van der Waals surface area (Å²) < 4.78 is 0. The van der Waals surface area contributed by atoms with Crippen molar-refractivity contribution in [2.45, 2.75) is 0 Å². The predicted molar refractivity (Wildman–Crippen MR) is 266 cm³/mol. The lowest BCUT2D eigenvalue weighted by atomic mass is 9.88. The highest BCUT2D eigenvalue weighted by molar-refractivity contribution is 6.17. The van der Waals surface area contributed by atoms with Crippen LogP contribution in [0.25, 0.3) is 122 Å². The van der Waals surface area contributed by atoms with Crippen molar-refractivity contribution < 1.29 is 0 Å². The van der Waals surface area contributed by atoms with Gasteiger partial charge in [-0.15, -0.1) is 0 Å². The van der Waals surface area contributed by atoms with Crippen LogP contribution in [0, 0.1) is 0 Å². The summed E-state index contributed by atoms with van der Waals surface area (Å²) in [4.78, 5) is 20.7. The molecule has 0 saturated heterocycles. The van der Waals surface area contributed by atoms with E-state index >= 15 is 0 Å². The molecule has 0 spiro atoms. The van der Waals surface area contributed by atoms with Gasteiger partial charge in [0.25, 0.3) is 0 Å². The summed E-state index contributed by atoms with van der Waals surface area (Å²) in [6.45, 7) is 0. The molecule has 0 amide bonds. The second-order valence-corrected chi connectivity index (χ2v) is 16.3. The quantitative estimate of drug-likeness (QED) is 0.150. The molecule has 4 nitrogen and oxygen atoms in total. The predicted octanol–water partition coefficient (Wildman–Crippen LogP) is 15.5. The van der Waals surface area contributed by atoms with Gasteiger partial charge in [-0.2, -0.15) is 0 Å². The van der Waals surface area contributed by atoms with Gasteiger partial charge in [0.1, 0.15) is 0 Å². The molecular weight excluding hydrogens is 777 g/mol. The first kappa shape index (κ1) is 37.2. The molecule has 2 heterocycles. The maximum atomic E-state index is 5.30. The highest BCUT2D eigenvalue weighted by Crippen LogP contribution is 2.42. The van der Waals surface area contributed by atoms with Crippen LogP contribution in [0.2, 0.25) is 0 Å². The Kier molecular flexibility index (Phi) is 9.12. The molecular formula is C60H38N4. The third-order valence-corrected chi connectivity index (χ3v) is 12.3. The van der Waals surface area contributed by atoms with Gasteiger partial charge in [-0.1, -0.05) is 182 Å². The molecule has 0 radical (unpaired) electrons. The Morgan fingerprint density at radius 1 is 0.234 bits per heavy atom. The normalized spacial score (nSPS) is 11.4. The van der Waals surface area contributed by atoms with E-state index in [9.17, 15) is 0 Å². The summed E-state index contributed by atoms with van der Waals surface area (Å²) in [6, 6.07) is 79.4. The smallest absolute Gasteiger partial charge is 0.164 e. The molecule has 0 unspecified atom stereocenters. The highest BCUT2D eigenvalue weighted by Gasteiger charge is 2.18. The van der Waals surface area contributed by atoms with Crippen LogP contribution in [-0.4, -0.2) is 19.9 Å². The summed E-state index contributed by atoms with van der Waals surface area (Å²) >= 11 is 0. The first-order valence-electron chi connectivity index (χ1n) is 21.6. The number of rotatable bonds is 7. The van der Waals surface area contributed by atoms with E-state index in [1.807, 2.05) is 30.5 Å². The number of benzene rings is 10. The van der Waals surface area contributed by atoms with Crippen LogP contribution in [0.4, 0.5) is 0 Å². The molecule has 298 valence electrons. The summed E-state index contributed by atoms with van der Waals surface area (Å²) in [7, 11) is 0. The zero-order valence-electron chi connectivity index (χ0n) is 34.7. The Labute approximate surface area is 370 Å². The molecule has 12 aromatic rings. The zero-order valence-corrected chi connectivity index (χ0v) is 34.7. The van der Waals surface area contributed by atoms with E-state index < -0.39 is 0 Å². The monoisotopic (exact) mass is 814 g/mol. The molecule has 2 aromatic heterocycles.